The number of rotatable bonds is 5. The van der Waals surface area contributed by atoms with Gasteiger partial charge in [0.15, 0.2) is 0 Å². The average Bonchev–Trinajstić information content (AvgIpc) is 2.33. The Labute approximate surface area is 110 Å². The zero-order valence-corrected chi connectivity index (χ0v) is 11.1. The predicted octanol–water partition coefficient (Wildman–Crippen LogP) is 1.41. The molecule has 0 saturated carbocycles. The fourth-order valence-electron chi connectivity index (χ4n) is 1.52. The highest BCUT2D eigenvalue weighted by Gasteiger charge is 2.18. The van der Waals surface area contributed by atoms with Crippen molar-refractivity contribution < 1.29 is 13.9 Å². The third-order valence-corrected chi connectivity index (χ3v) is 2.75. The maximum Gasteiger partial charge on any atom is 0.241 e. The molecule has 1 unspecified atom stereocenters. The molecular formula is C12H16ClFN2O2. The molecule has 0 spiro atoms. The summed E-state index contributed by atoms with van der Waals surface area (Å²) >= 11 is 5.58. The van der Waals surface area contributed by atoms with Crippen LogP contribution in [0.1, 0.15) is 5.56 Å². The molecule has 0 aliphatic carbocycles. The van der Waals surface area contributed by atoms with Crippen molar-refractivity contribution in [2.75, 3.05) is 20.8 Å². The van der Waals surface area contributed by atoms with Gasteiger partial charge in [-0.15, -0.1) is 0 Å². The number of carbonyl (C=O) groups is 1. The second-order valence-electron chi connectivity index (χ2n) is 4.00. The van der Waals surface area contributed by atoms with Gasteiger partial charge in [0.2, 0.25) is 5.91 Å². The largest absolute Gasteiger partial charge is 0.383 e. The van der Waals surface area contributed by atoms with E-state index in [4.69, 9.17) is 22.1 Å². The van der Waals surface area contributed by atoms with Gasteiger partial charge in [-0.25, -0.2) is 4.39 Å². The van der Waals surface area contributed by atoms with Crippen molar-refractivity contribution >= 4 is 17.5 Å². The van der Waals surface area contributed by atoms with Crippen molar-refractivity contribution in [1.29, 1.82) is 0 Å². The summed E-state index contributed by atoms with van der Waals surface area (Å²) in [6.45, 7) is 0.419. The highest BCUT2D eigenvalue weighted by atomic mass is 35.5. The second-order valence-corrected chi connectivity index (χ2v) is 4.41. The lowest BCUT2D eigenvalue weighted by Crippen LogP contribution is -2.44. The fourth-order valence-corrected chi connectivity index (χ4v) is 1.64. The lowest BCUT2D eigenvalue weighted by Gasteiger charge is -2.21. The molecule has 0 aliphatic rings. The minimum absolute atomic E-state index is 0.0591. The molecule has 0 aromatic heterocycles. The standard InChI is InChI=1S/C12H16ClFN2O2/c1-16(12(17)11(15)7-18-2)6-8-3-4-9(13)10(14)5-8/h3-5,11H,6-7,15H2,1-2H3. The van der Waals surface area contributed by atoms with E-state index in [9.17, 15) is 9.18 Å². The number of hydrogen-bond donors (Lipinski definition) is 1. The van der Waals surface area contributed by atoms with Gasteiger partial charge in [-0.05, 0) is 17.7 Å². The number of benzene rings is 1. The molecule has 0 fully saturated rings. The molecule has 2 N–H and O–H groups in total. The van der Waals surface area contributed by atoms with E-state index in [1.807, 2.05) is 0 Å². The van der Waals surface area contributed by atoms with Crippen LogP contribution in [0.25, 0.3) is 0 Å². The van der Waals surface area contributed by atoms with Gasteiger partial charge in [0.05, 0.1) is 11.6 Å². The van der Waals surface area contributed by atoms with Crippen LogP contribution in [-0.4, -0.2) is 37.6 Å². The van der Waals surface area contributed by atoms with Crippen LogP contribution in [0.2, 0.25) is 5.02 Å². The normalized spacial score (nSPS) is 12.3. The number of halogens is 2. The topological polar surface area (TPSA) is 55.6 Å². The number of hydrogen-bond acceptors (Lipinski definition) is 3. The Morgan fingerprint density at radius 2 is 2.28 bits per heavy atom. The van der Waals surface area contributed by atoms with E-state index >= 15 is 0 Å². The van der Waals surface area contributed by atoms with Crippen molar-refractivity contribution in [3.05, 3.63) is 34.6 Å². The first-order chi connectivity index (χ1) is 8.45. The maximum atomic E-state index is 13.2. The van der Waals surface area contributed by atoms with Crippen LogP contribution in [0.5, 0.6) is 0 Å². The Balaban J connectivity index is 2.66. The number of amides is 1. The third kappa shape index (κ3) is 3.94. The van der Waals surface area contributed by atoms with E-state index in [-0.39, 0.29) is 24.1 Å². The first-order valence-electron chi connectivity index (χ1n) is 5.39. The van der Waals surface area contributed by atoms with E-state index in [2.05, 4.69) is 0 Å². The third-order valence-electron chi connectivity index (χ3n) is 2.44. The number of methoxy groups -OCH3 is 1. The van der Waals surface area contributed by atoms with Gasteiger partial charge in [0.1, 0.15) is 11.9 Å². The lowest BCUT2D eigenvalue weighted by atomic mass is 10.2. The predicted molar refractivity (Wildman–Crippen MR) is 67.7 cm³/mol. The Hall–Kier alpha value is -1.17. The molecule has 6 heteroatoms. The zero-order chi connectivity index (χ0) is 13.7. The van der Waals surface area contributed by atoms with Crippen molar-refractivity contribution in [2.24, 2.45) is 5.73 Å². The van der Waals surface area contributed by atoms with Gasteiger partial charge < -0.3 is 15.4 Å². The summed E-state index contributed by atoms with van der Waals surface area (Å²) in [6, 6.07) is 3.71. The molecule has 1 rings (SSSR count). The molecule has 0 bridgehead atoms. The van der Waals surface area contributed by atoms with Crippen molar-refractivity contribution in [3.63, 3.8) is 0 Å². The van der Waals surface area contributed by atoms with E-state index in [0.717, 1.165) is 0 Å². The molecule has 0 saturated heterocycles. The number of carbonyl (C=O) groups excluding carboxylic acids is 1. The Morgan fingerprint density at radius 3 is 2.83 bits per heavy atom. The summed E-state index contributed by atoms with van der Waals surface area (Å²) in [6.07, 6.45) is 0. The molecule has 1 aromatic carbocycles. The maximum absolute atomic E-state index is 13.2. The van der Waals surface area contributed by atoms with E-state index in [1.165, 1.54) is 24.1 Å². The lowest BCUT2D eigenvalue weighted by molar-refractivity contribution is -0.132. The number of nitrogens with zero attached hydrogens (tertiary/aromatic N) is 1. The molecule has 0 aliphatic heterocycles. The molecule has 4 nitrogen and oxygen atoms in total. The summed E-state index contributed by atoms with van der Waals surface area (Å²) in [5, 5.41) is 0.0591. The minimum atomic E-state index is -0.711. The molecule has 1 aromatic rings. The number of nitrogens with two attached hydrogens (primary N) is 1. The van der Waals surface area contributed by atoms with Crippen molar-refractivity contribution in [3.8, 4) is 0 Å². The summed E-state index contributed by atoms with van der Waals surface area (Å²) in [5.74, 6) is -0.761. The quantitative estimate of drug-likeness (QED) is 0.883. The number of likely N-dealkylation sites (N-methyl/N-ethyl adjacent to an activating group) is 1. The van der Waals surface area contributed by atoms with Crippen molar-refractivity contribution in [2.45, 2.75) is 12.6 Å². The van der Waals surface area contributed by atoms with Gasteiger partial charge in [-0.2, -0.15) is 0 Å². The Kier molecular flexibility index (Phi) is 5.53. The zero-order valence-electron chi connectivity index (χ0n) is 10.3. The summed E-state index contributed by atoms with van der Waals surface area (Å²) in [5.41, 5.74) is 6.28. The van der Waals surface area contributed by atoms with Crippen LogP contribution in [0, 0.1) is 5.82 Å². The van der Waals surface area contributed by atoms with Crippen LogP contribution in [0.15, 0.2) is 18.2 Å². The molecule has 1 amide bonds. The fraction of sp³-hybridized carbons (Fsp3) is 0.417. The minimum Gasteiger partial charge on any atom is -0.383 e. The smallest absolute Gasteiger partial charge is 0.241 e. The average molecular weight is 275 g/mol. The number of ether oxygens (including phenoxy) is 1. The van der Waals surface area contributed by atoms with Gasteiger partial charge in [-0.1, -0.05) is 17.7 Å². The summed E-state index contributed by atoms with van der Waals surface area (Å²) < 4.78 is 18.0. The molecule has 0 radical (unpaired) electrons. The van der Waals surface area contributed by atoms with Gasteiger partial charge in [-0.3, -0.25) is 4.79 Å². The van der Waals surface area contributed by atoms with Crippen LogP contribution < -0.4 is 5.73 Å². The summed E-state index contributed by atoms with van der Waals surface area (Å²) in [7, 11) is 3.08. The first kappa shape index (κ1) is 14.9. The van der Waals surface area contributed by atoms with Gasteiger partial charge in [0.25, 0.3) is 0 Å². The van der Waals surface area contributed by atoms with Crippen LogP contribution >= 0.6 is 11.6 Å². The van der Waals surface area contributed by atoms with Gasteiger partial charge in [0, 0.05) is 20.7 Å². The van der Waals surface area contributed by atoms with Gasteiger partial charge >= 0.3 is 0 Å². The molecular weight excluding hydrogens is 259 g/mol. The van der Waals surface area contributed by atoms with Crippen molar-refractivity contribution in [1.82, 2.24) is 4.90 Å². The summed E-state index contributed by atoms with van der Waals surface area (Å²) in [4.78, 5) is 13.2. The SMILES string of the molecule is COCC(N)C(=O)N(C)Cc1ccc(Cl)c(F)c1. The molecule has 1 atom stereocenters. The molecule has 18 heavy (non-hydrogen) atoms. The van der Waals surface area contributed by atoms with Crippen LogP contribution in [0.4, 0.5) is 4.39 Å². The first-order valence-corrected chi connectivity index (χ1v) is 5.77. The highest BCUT2D eigenvalue weighted by molar-refractivity contribution is 6.30. The van der Waals surface area contributed by atoms with E-state index in [0.29, 0.717) is 5.56 Å². The van der Waals surface area contributed by atoms with E-state index in [1.54, 1.807) is 13.1 Å². The van der Waals surface area contributed by atoms with Crippen LogP contribution in [-0.2, 0) is 16.1 Å². The Bertz CT molecular complexity index is 429. The second kappa shape index (κ2) is 6.68. The Morgan fingerprint density at radius 1 is 1.61 bits per heavy atom. The molecule has 0 heterocycles. The van der Waals surface area contributed by atoms with Crippen LogP contribution in [0.3, 0.4) is 0 Å². The van der Waals surface area contributed by atoms with E-state index < -0.39 is 11.9 Å². The highest BCUT2D eigenvalue weighted by Crippen LogP contribution is 2.16. The molecule has 100 valence electrons. The monoisotopic (exact) mass is 274 g/mol.